The largest absolute Gasteiger partial charge is 0.417 e. The quantitative estimate of drug-likeness (QED) is 0.481. The second kappa shape index (κ2) is 8.81. The Morgan fingerprint density at radius 2 is 1.65 bits per heavy atom. The highest BCUT2D eigenvalue weighted by molar-refractivity contribution is 7.99. The van der Waals surface area contributed by atoms with Crippen molar-refractivity contribution in [2.45, 2.75) is 41.7 Å². The van der Waals surface area contributed by atoms with Gasteiger partial charge in [0.05, 0.1) is 28.8 Å². The lowest BCUT2D eigenvalue weighted by Crippen LogP contribution is -2.43. The van der Waals surface area contributed by atoms with Crippen LogP contribution in [0, 0.1) is 22.7 Å². The first-order valence-corrected chi connectivity index (χ1v) is 10.1. The van der Waals surface area contributed by atoms with E-state index in [4.69, 9.17) is 10.5 Å². The molecule has 1 N–H and O–H groups in total. The number of hydrogen-bond donors (Lipinski definition) is 1. The maximum atomic E-state index is 13.6. The second-order valence-corrected chi connectivity index (χ2v) is 8.18. The molecule has 3 unspecified atom stereocenters. The van der Waals surface area contributed by atoms with Crippen LogP contribution in [0.4, 0.5) is 26.3 Å². The Morgan fingerprint density at radius 1 is 0.968 bits per heavy atom. The van der Waals surface area contributed by atoms with Crippen molar-refractivity contribution >= 4 is 11.8 Å². The number of benzene rings is 2. The van der Waals surface area contributed by atoms with Crippen LogP contribution in [0.2, 0.25) is 0 Å². The highest BCUT2D eigenvalue weighted by atomic mass is 32.2. The summed E-state index contributed by atoms with van der Waals surface area (Å²) in [5, 5.41) is 20.2. The van der Waals surface area contributed by atoms with E-state index in [9.17, 15) is 26.3 Å². The molecule has 1 saturated heterocycles. The van der Waals surface area contributed by atoms with E-state index in [1.165, 1.54) is 17.8 Å². The van der Waals surface area contributed by atoms with Crippen LogP contribution in [0.3, 0.4) is 0 Å². The second-order valence-electron chi connectivity index (χ2n) is 7.09. The molecule has 0 aliphatic carbocycles. The first kappa shape index (κ1) is 23.0. The molecule has 1 aliphatic heterocycles. The van der Waals surface area contributed by atoms with E-state index >= 15 is 0 Å². The fraction of sp³-hybridized carbons (Fsp3) is 0.333. The Bertz CT molecular complexity index is 1020. The minimum absolute atomic E-state index is 0.00332. The van der Waals surface area contributed by atoms with Crippen molar-refractivity contribution in [2.24, 2.45) is 0 Å². The number of nitrogens with one attached hydrogen (secondary N) is 1. The van der Waals surface area contributed by atoms with Crippen molar-refractivity contribution in [3.8, 4) is 12.1 Å². The third kappa shape index (κ3) is 5.33. The predicted molar refractivity (Wildman–Crippen MR) is 102 cm³/mol. The number of hydrogen-bond acceptors (Lipinski definition) is 4. The van der Waals surface area contributed by atoms with Gasteiger partial charge in [0, 0.05) is 22.6 Å². The zero-order valence-electron chi connectivity index (χ0n) is 15.8. The molecule has 3 rings (SSSR count). The molecule has 2 aromatic rings. The van der Waals surface area contributed by atoms with Gasteiger partial charge >= 0.3 is 12.4 Å². The van der Waals surface area contributed by atoms with Crippen molar-refractivity contribution < 1.29 is 26.3 Å². The van der Waals surface area contributed by atoms with Crippen molar-refractivity contribution in [2.75, 3.05) is 5.75 Å². The van der Waals surface area contributed by atoms with E-state index in [0.717, 1.165) is 17.0 Å². The lowest BCUT2D eigenvalue weighted by molar-refractivity contribution is -0.155. The van der Waals surface area contributed by atoms with Crippen molar-refractivity contribution in [1.82, 2.24) is 5.32 Å². The molecule has 162 valence electrons. The maximum absolute atomic E-state index is 13.6. The first-order valence-electron chi connectivity index (χ1n) is 9.10. The molecule has 3 atom stereocenters. The van der Waals surface area contributed by atoms with E-state index in [2.05, 4.69) is 5.32 Å². The maximum Gasteiger partial charge on any atom is 0.417 e. The monoisotopic (exact) mass is 455 g/mol. The summed E-state index contributed by atoms with van der Waals surface area (Å²) in [6.07, 6.45) is -9.49. The molecule has 0 saturated carbocycles. The summed E-state index contributed by atoms with van der Waals surface area (Å²) < 4.78 is 80.6. The van der Waals surface area contributed by atoms with Crippen LogP contribution in [-0.2, 0) is 6.18 Å². The Kier molecular flexibility index (Phi) is 6.54. The molecule has 0 amide bonds. The van der Waals surface area contributed by atoms with E-state index in [0.29, 0.717) is 11.6 Å². The van der Waals surface area contributed by atoms with E-state index in [1.807, 2.05) is 6.07 Å². The van der Waals surface area contributed by atoms with Crippen LogP contribution in [0.5, 0.6) is 0 Å². The normalized spacial score (nSPS) is 21.5. The third-order valence-electron chi connectivity index (χ3n) is 5.04. The molecule has 1 fully saturated rings. The Labute approximate surface area is 178 Å². The van der Waals surface area contributed by atoms with Crippen molar-refractivity contribution in [3.05, 3.63) is 64.7 Å². The Balaban J connectivity index is 1.82. The topological polar surface area (TPSA) is 59.6 Å². The number of nitriles is 2. The van der Waals surface area contributed by atoms with E-state index in [-0.39, 0.29) is 17.7 Å². The molecule has 0 aromatic heterocycles. The molecular formula is C21H15F6N3S. The Morgan fingerprint density at radius 3 is 2.19 bits per heavy atom. The van der Waals surface area contributed by atoms with Crippen LogP contribution in [0.15, 0.2) is 47.4 Å². The molecule has 10 heteroatoms. The lowest BCUT2D eigenvalue weighted by Gasteiger charge is -2.23. The van der Waals surface area contributed by atoms with Gasteiger partial charge in [0.2, 0.25) is 0 Å². The highest BCUT2D eigenvalue weighted by Crippen LogP contribution is 2.42. The number of alkyl halides is 6. The fourth-order valence-corrected chi connectivity index (χ4v) is 4.55. The van der Waals surface area contributed by atoms with E-state index < -0.39 is 41.5 Å². The van der Waals surface area contributed by atoms with Gasteiger partial charge in [0.1, 0.15) is 6.04 Å². The molecule has 0 radical (unpaired) electrons. The van der Waals surface area contributed by atoms with Gasteiger partial charge in [-0.25, -0.2) is 0 Å². The smallest absolute Gasteiger partial charge is 0.302 e. The summed E-state index contributed by atoms with van der Waals surface area (Å²) in [6.45, 7) is 0. The van der Waals surface area contributed by atoms with Gasteiger partial charge in [-0.05, 0) is 48.4 Å². The summed E-state index contributed by atoms with van der Waals surface area (Å²) in [5.74, 6) is -0.933. The lowest BCUT2D eigenvalue weighted by atomic mass is 9.88. The van der Waals surface area contributed by atoms with Gasteiger partial charge in [0.25, 0.3) is 0 Å². The summed E-state index contributed by atoms with van der Waals surface area (Å²) in [7, 11) is 0. The first-order chi connectivity index (χ1) is 14.5. The summed E-state index contributed by atoms with van der Waals surface area (Å²) in [5.41, 5.74) is -1.50. The molecule has 3 nitrogen and oxygen atoms in total. The number of rotatable bonds is 4. The average molecular weight is 455 g/mol. The summed E-state index contributed by atoms with van der Waals surface area (Å²) >= 11 is 1.30. The average Bonchev–Trinajstić information content (AvgIpc) is 3.16. The van der Waals surface area contributed by atoms with Crippen LogP contribution < -0.4 is 5.32 Å². The van der Waals surface area contributed by atoms with Crippen LogP contribution >= 0.6 is 11.8 Å². The van der Waals surface area contributed by atoms with Gasteiger partial charge in [-0.1, -0.05) is 6.07 Å². The van der Waals surface area contributed by atoms with Crippen molar-refractivity contribution in [3.63, 3.8) is 0 Å². The molecule has 31 heavy (non-hydrogen) atoms. The van der Waals surface area contributed by atoms with Crippen molar-refractivity contribution in [1.29, 1.82) is 10.5 Å². The number of nitrogens with zero attached hydrogens (tertiary/aromatic N) is 2. The molecule has 0 spiro atoms. The number of thioether (sulfide) groups is 1. The summed E-state index contributed by atoms with van der Waals surface area (Å²) in [6, 6.07) is 10.1. The highest BCUT2D eigenvalue weighted by Gasteiger charge is 2.50. The fourth-order valence-electron chi connectivity index (χ4n) is 3.60. The zero-order valence-corrected chi connectivity index (χ0v) is 16.6. The van der Waals surface area contributed by atoms with Crippen LogP contribution in [-0.4, -0.2) is 24.0 Å². The predicted octanol–water partition coefficient (Wildman–Crippen LogP) is 5.62. The Hall–Kier alpha value is -2.69. The molecule has 1 aliphatic rings. The molecular weight excluding hydrogens is 440 g/mol. The van der Waals surface area contributed by atoms with Gasteiger partial charge in [-0.3, -0.25) is 0 Å². The van der Waals surface area contributed by atoms with Gasteiger partial charge in [-0.2, -0.15) is 36.9 Å². The molecule has 0 bridgehead atoms. The minimum Gasteiger partial charge on any atom is -0.302 e. The zero-order chi connectivity index (χ0) is 22.8. The third-order valence-corrected chi connectivity index (χ3v) is 6.22. The van der Waals surface area contributed by atoms with Crippen LogP contribution in [0.25, 0.3) is 0 Å². The minimum atomic E-state index is -4.84. The van der Waals surface area contributed by atoms with Crippen LogP contribution in [0.1, 0.15) is 34.6 Å². The molecule has 1 heterocycles. The van der Waals surface area contributed by atoms with Gasteiger partial charge in [-0.15, -0.1) is 11.8 Å². The summed E-state index contributed by atoms with van der Waals surface area (Å²) in [4.78, 5) is 0.769. The SMILES string of the molecule is N#Cc1ccc(SCC2CC(c3ccc(C#N)c(C(F)(F)F)c3)C(C(F)(F)F)N2)cc1. The van der Waals surface area contributed by atoms with E-state index in [1.54, 1.807) is 24.3 Å². The van der Waals surface area contributed by atoms with Gasteiger partial charge < -0.3 is 5.32 Å². The molecule has 2 aromatic carbocycles. The van der Waals surface area contributed by atoms with Gasteiger partial charge in [0.15, 0.2) is 0 Å². The standard InChI is InChI=1S/C21H15F6N3S/c22-20(23,24)18-7-13(3-4-14(18)10-29)17-8-15(30-19(17)21(25,26)27)11-31-16-5-1-12(9-28)2-6-16/h1-7,15,17,19,30H,8,11H2. The number of halogens is 6.